The lowest BCUT2D eigenvalue weighted by Gasteiger charge is -2.26. The molecule has 0 radical (unpaired) electrons. The van der Waals surface area contributed by atoms with Crippen LogP contribution in [0.2, 0.25) is 0 Å². The zero-order chi connectivity index (χ0) is 13.5. The molecule has 0 bridgehead atoms. The smallest absolute Gasteiger partial charge is 0.146 e. The molecular formula is C16H25FN2. The molecular weight excluding hydrogens is 239 g/mol. The van der Waals surface area contributed by atoms with E-state index in [9.17, 15) is 4.39 Å². The minimum absolute atomic E-state index is 0.0716. The predicted octanol–water partition coefficient (Wildman–Crippen LogP) is 3.71. The first kappa shape index (κ1) is 14.3. The fourth-order valence-electron chi connectivity index (χ4n) is 2.75. The van der Waals surface area contributed by atoms with Crippen molar-refractivity contribution in [1.29, 1.82) is 0 Å². The molecule has 0 aliphatic carbocycles. The van der Waals surface area contributed by atoms with Gasteiger partial charge in [0.15, 0.2) is 0 Å². The van der Waals surface area contributed by atoms with Crippen molar-refractivity contribution < 1.29 is 4.39 Å². The first-order valence-electron chi connectivity index (χ1n) is 7.56. The average molecular weight is 264 g/mol. The highest BCUT2D eigenvalue weighted by molar-refractivity contribution is 5.55. The number of hydrogen-bond acceptors (Lipinski definition) is 2. The molecule has 0 saturated carbocycles. The molecule has 0 atom stereocenters. The van der Waals surface area contributed by atoms with Gasteiger partial charge in [0.25, 0.3) is 0 Å². The quantitative estimate of drug-likeness (QED) is 0.816. The highest BCUT2D eigenvalue weighted by Gasteiger charge is 2.17. The lowest BCUT2D eigenvalue weighted by atomic mass is 10.1. The van der Waals surface area contributed by atoms with Crippen LogP contribution in [0.25, 0.3) is 0 Å². The van der Waals surface area contributed by atoms with Gasteiger partial charge in [-0.05, 0) is 37.4 Å². The van der Waals surface area contributed by atoms with E-state index in [1.807, 2.05) is 12.1 Å². The Morgan fingerprint density at radius 1 is 1.16 bits per heavy atom. The van der Waals surface area contributed by atoms with E-state index in [4.69, 9.17) is 0 Å². The summed E-state index contributed by atoms with van der Waals surface area (Å²) in [6.07, 6.45) is 6.00. The Labute approximate surface area is 116 Å². The molecule has 2 nitrogen and oxygen atoms in total. The second kappa shape index (κ2) is 7.49. The van der Waals surface area contributed by atoms with Crippen molar-refractivity contribution in [2.45, 2.75) is 45.6 Å². The summed E-state index contributed by atoms with van der Waals surface area (Å²) in [6.45, 7) is 5.87. The van der Waals surface area contributed by atoms with Gasteiger partial charge >= 0.3 is 0 Å². The first-order chi connectivity index (χ1) is 9.33. The minimum Gasteiger partial charge on any atom is -0.369 e. The molecule has 2 rings (SSSR count). The molecule has 1 aliphatic heterocycles. The van der Waals surface area contributed by atoms with Crippen LogP contribution < -0.4 is 10.2 Å². The Bertz CT molecular complexity index is 384. The molecule has 106 valence electrons. The number of anilines is 1. The summed E-state index contributed by atoms with van der Waals surface area (Å²) >= 11 is 0. The van der Waals surface area contributed by atoms with Gasteiger partial charge in [-0.15, -0.1) is 0 Å². The summed E-state index contributed by atoms with van der Waals surface area (Å²) in [5.74, 6) is -0.0716. The van der Waals surface area contributed by atoms with Crippen LogP contribution in [0.3, 0.4) is 0 Å². The normalized spacial score (nSPS) is 16.4. The molecule has 1 aliphatic rings. The zero-order valence-corrected chi connectivity index (χ0v) is 11.9. The molecule has 1 heterocycles. The molecule has 0 unspecified atom stereocenters. The highest BCUT2D eigenvalue weighted by atomic mass is 19.1. The van der Waals surface area contributed by atoms with Gasteiger partial charge in [-0.1, -0.05) is 31.9 Å². The summed E-state index contributed by atoms with van der Waals surface area (Å²) in [5, 5.41) is 3.38. The highest BCUT2D eigenvalue weighted by Crippen LogP contribution is 2.27. The van der Waals surface area contributed by atoms with Gasteiger partial charge in [0, 0.05) is 19.6 Å². The Hall–Kier alpha value is -1.09. The van der Waals surface area contributed by atoms with Crippen molar-refractivity contribution >= 4 is 5.69 Å². The van der Waals surface area contributed by atoms with Crippen LogP contribution in [0.1, 0.15) is 44.6 Å². The molecule has 1 aromatic rings. The van der Waals surface area contributed by atoms with Crippen LogP contribution in [0.5, 0.6) is 0 Å². The number of para-hydroxylation sites is 1. The maximum atomic E-state index is 14.2. The van der Waals surface area contributed by atoms with Gasteiger partial charge in [-0.25, -0.2) is 4.39 Å². The van der Waals surface area contributed by atoms with Crippen molar-refractivity contribution in [1.82, 2.24) is 5.32 Å². The Morgan fingerprint density at radius 3 is 2.58 bits per heavy atom. The van der Waals surface area contributed by atoms with Gasteiger partial charge in [0.2, 0.25) is 0 Å². The van der Waals surface area contributed by atoms with Crippen LogP contribution in [-0.4, -0.2) is 19.6 Å². The summed E-state index contributed by atoms with van der Waals surface area (Å²) in [5.41, 5.74) is 1.92. The fourth-order valence-corrected chi connectivity index (χ4v) is 2.75. The van der Waals surface area contributed by atoms with Gasteiger partial charge < -0.3 is 10.2 Å². The number of hydrogen-bond donors (Lipinski definition) is 1. The predicted molar refractivity (Wildman–Crippen MR) is 79.1 cm³/mol. The van der Waals surface area contributed by atoms with Crippen LogP contribution in [-0.2, 0) is 6.54 Å². The number of nitrogens with zero attached hydrogens (tertiary/aromatic N) is 1. The van der Waals surface area contributed by atoms with Crippen molar-refractivity contribution in [2.75, 3.05) is 24.5 Å². The summed E-state index contributed by atoms with van der Waals surface area (Å²) in [7, 11) is 0. The molecule has 1 N–H and O–H groups in total. The zero-order valence-electron chi connectivity index (χ0n) is 11.9. The first-order valence-corrected chi connectivity index (χ1v) is 7.56. The second-order valence-electron chi connectivity index (χ2n) is 5.33. The van der Waals surface area contributed by atoms with E-state index < -0.39 is 0 Å². The molecule has 1 fully saturated rings. The average Bonchev–Trinajstić information content (AvgIpc) is 2.68. The monoisotopic (exact) mass is 264 g/mol. The molecule has 1 aromatic carbocycles. The van der Waals surface area contributed by atoms with Gasteiger partial charge in [0.1, 0.15) is 5.82 Å². The third-order valence-electron chi connectivity index (χ3n) is 3.73. The number of rotatable bonds is 5. The molecule has 0 amide bonds. The third-order valence-corrected chi connectivity index (χ3v) is 3.73. The van der Waals surface area contributed by atoms with Crippen molar-refractivity contribution in [3.63, 3.8) is 0 Å². The van der Waals surface area contributed by atoms with Gasteiger partial charge in [0.05, 0.1) is 5.69 Å². The topological polar surface area (TPSA) is 15.3 Å². The summed E-state index contributed by atoms with van der Waals surface area (Å²) < 4.78 is 14.2. The van der Waals surface area contributed by atoms with E-state index in [1.54, 1.807) is 6.07 Å². The number of halogens is 1. The Morgan fingerprint density at radius 2 is 1.89 bits per heavy atom. The van der Waals surface area contributed by atoms with Gasteiger partial charge in [-0.3, -0.25) is 0 Å². The maximum absolute atomic E-state index is 14.2. The van der Waals surface area contributed by atoms with Crippen LogP contribution in [0, 0.1) is 5.82 Å². The lowest BCUT2D eigenvalue weighted by Crippen LogP contribution is -2.27. The van der Waals surface area contributed by atoms with E-state index in [1.165, 1.54) is 25.7 Å². The second-order valence-corrected chi connectivity index (χ2v) is 5.33. The Balaban J connectivity index is 2.15. The number of nitrogens with one attached hydrogen (secondary N) is 1. The molecule has 0 spiro atoms. The van der Waals surface area contributed by atoms with E-state index in [-0.39, 0.29) is 5.82 Å². The summed E-state index contributed by atoms with van der Waals surface area (Å²) in [6, 6.07) is 5.45. The van der Waals surface area contributed by atoms with Gasteiger partial charge in [-0.2, -0.15) is 0 Å². The summed E-state index contributed by atoms with van der Waals surface area (Å²) in [4.78, 5) is 2.24. The van der Waals surface area contributed by atoms with Crippen molar-refractivity contribution in [3.05, 3.63) is 29.6 Å². The van der Waals surface area contributed by atoms with E-state index in [0.717, 1.165) is 43.9 Å². The van der Waals surface area contributed by atoms with Crippen LogP contribution in [0.4, 0.5) is 10.1 Å². The molecule has 0 aromatic heterocycles. The standard InChI is InChI=1S/C16H25FN2/c1-2-10-18-13-14-8-7-9-15(17)16(14)19-11-5-3-4-6-12-19/h7-9,18H,2-6,10-13H2,1H3. The molecule has 19 heavy (non-hydrogen) atoms. The lowest BCUT2D eigenvalue weighted by molar-refractivity contribution is 0.607. The third kappa shape index (κ3) is 3.93. The molecule has 3 heteroatoms. The number of benzene rings is 1. The fraction of sp³-hybridized carbons (Fsp3) is 0.625. The largest absolute Gasteiger partial charge is 0.369 e. The van der Waals surface area contributed by atoms with Crippen molar-refractivity contribution in [3.8, 4) is 0 Å². The Kier molecular flexibility index (Phi) is 5.64. The minimum atomic E-state index is -0.0716. The van der Waals surface area contributed by atoms with Crippen molar-refractivity contribution in [2.24, 2.45) is 0 Å². The van der Waals surface area contributed by atoms with Crippen LogP contribution >= 0.6 is 0 Å². The van der Waals surface area contributed by atoms with E-state index in [0.29, 0.717) is 0 Å². The maximum Gasteiger partial charge on any atom is 0.146 e. The van der Waals surface area contributed by atoms with Crippen LogP contribution in [0.15, 0.2) is 18.2 Å². The SMILES string of the molecule is CCCNCc1cccc(F)c1N1CCCCCC1. The van der Waals surface area contributed by atoms with E-state index >= 15 is 0 Å². The molecule has 1 saturated heterocycles. The van der Waals surface area contributed by atoms with E-state index in [2.05, 4.69) is 17.1 Å².